The van der Waals surface area contributed by atoms with Gasteiger partial charge < -0.3 is 0 Å². The summed E-state index contributed by atoms with van der Waals surface area (Å²) in [6.45, 7) is 0. The molecule has 0 radical (unpaired) electrons. The molecule has 0 bridgehead atoms. The molecule has 2 aromatic carbocycles. The summed E-state index contributed by atoms with van der Waals surface area (Å²) in [5, 5.41) is 14.8. The molecule has 0 amide bonds. The number of halogens is 1. The molecule has 5 rings (SSSR count). The molecule has 0 spiro atoms. The number of pyridine rings is 1. The normalized spacial score (nSPS) is 11.4. The maximum Gasteiger partial charge on any atom is 0.235 e. The van der Waals surface area contributed by atoms with Gasteiger partial charge in [-0.25, -0.2) is 9.37 Å². The number of rotatable bonds is 2. The first-order chi connectivity index (χ1) is 12.3. The molecule has 3 aromatic heterocycles. The Labute approximate surface area is 145 Å². The fourth-order valence-electron chi connectivity index (χ4n) is 2.68. The van der Waals surface area contributed by atoms with Crippen molar-refractivity contribution in [2.45, 2.75) is 0 Å². The highest BCUT2D eigenvalue weighted by atomic mass is 32.1. The second kappa shape index (κ2) is 5.42. The number of fused-ring (bicyclic) bond motifs is 2. The van der Waals surface area contributed by atoms with Gasteiger partial charge in [-0.3, -0.25) is 0 Å². The van der Waals surface area contributed by atoms with Crippen LogP contribution in [0.3, 0.4) is 0 Å². The molecular formula is C18H10FN5S. The van der Waals surface area contributed by atoms with Crippen molar-refractivity contribution in [3.05, 3.63) is 66.5 Å². The number of benzene rings is 2. The second-order valence-corrected chi connectivity index (χ2v) is 6.48. The predicted molar refractivity (Wildman–Crippen MR) is 94.8 cm³/mol. The largest absolute Gasteiger partial charge is 0.244 e. The molecule has 0 aliphatic heterocycles. The minimum absolute atomic E-state index is 0.271. The molecule has 0 aliphatic rings. The van der Waals surface area contributed by atoms with Gasteiger partial charge in [-0.2, -0.15) is 9.61 Å². The molecule has 0 fully saturated rings. The molecular weight excluding hydrogens is 337 g/mol. The van der Waals surface area contributed by atoms with Crippen LogP contribution in [0.5, 0.6) is 0 Å². The van der Waals surface area contributed by atoms with E-state index in [1.54, 1.807) is 16.6 Å². The van der Waals surface area contributed by atoms with Gasteiger partial charge >= 0.3 is 0 Å². The maximum absolute atomic E-state index is 13.1. The van der Waals surface area contributed by atoms with E-state index < -0.39 is 0 Å². The maximum atomic E-state index is 13.1. The van der Waals surface area contributed by atoms with Gasteiger partial charge in [0.25, 0.3) is 0 Å². The number of hydrogen-bond donors (Lipinski definition) is 0. The Morgan fingerprint density at radius 1 is 0.880 bits per heavy atom. The first-order valence-corrected chi connectivity index (χ1v) is 8.44. The molecule has 0 atom stereocenters. The summed E-state index contributed by atoms with van der Waals surface area (Å²) >= 11 is 1.40. The Balaban J connectivity index is 1.64. The van der Waals surface area contributed by atoms with E-state index >= 15 is 0 Å². The van der Waals surface area contributed by atoms with E-state index in [0.29, 0.717) is 16.5 Å². The van der Waals surface area contributed by atoms with Crippen molar-refractivity contribution in [3.63, 3.8) is 0 Å². The highest BCUT2D eigenvalue weighted by Crippen LogP contribution is 2.28. The Morgan fingerprint density at radius 2 is 1.72 bits per heavy atom. The summed E-state index contributed by atoms with van der Waals surface area (Å²) in [5.74, 6) is 0.318. The molecule has 5 nitrogen and oxygen atoms in total. The Bertz CT molecular complexity index is 1210. The molecule has 0 saturated heterocycles. The highest BCUT2D eigenvalue weighted by Gasteiger charge is 2.15. The second-order valence-electron chi connectivity index (χ2n) is 5.52. The monoisotopic (exact) mass is 347 g/mol. The van der Waals surface area contributed by atoms with Crippen LogP contribution >= 0.6 is 11.3 Å². The zero-order valence-corrected chi connectivity index (χ0v) is 13.6. The van der Waals surface area contributed by atoms with Gasteiger partial charge in [0.2, 0.25) is 10.8 Å². The third kappa shape index (κ3) is 2.36. The number of hydrogen-bond acceptors (Lipinski definition) is 5. The Morgan fingerprint density at radius 3 is 2.60 bits per heavy atom. The Hall–Kier alpha value is -3.19. The van der Waals surface area contributed by atoms with Gasteiger partial charge in [0.15, 0.2) is 0 Å². The van der Waals surface area contributed by atoms with Gasteiger partial charge in [-0.15, -0.1) is 10.2 Å². The Kier molecular flexibility index (Phi) is 3.07. The molecule has 0 N–H and O–H groups in total. The van der Waals surface area contributed by atoms with E-state index in [4.69, 9.17) is 0 Å². The van der Waals surface area contributed by atoms with Crippen LogP contribution in [0, 0.1) is 5.82 Å². The smallest absolute Gasteiger partial charge is 0.235 e. The van der Waals surface area contributed by atoms with Crippen LogP contribution < -0.4 is 0 Å². The topological polar surface area (TPSA) is 56.0 Å². The molecule has 0 unspecified atom stereocenters. The standard InChI is InChI=1S/C18H10FN5S/c19-13-8-5-12(6-9-13)17-23-24-16(21-22-18(24)25-17)15-10-7-11-3-1-2-4-14(11)20-15/h1-10H. The highest BCUT2D eigenvalue weighted by molar-refractivity contribution is 7.19. The predicted octanol–water partition coefficient (Wildman–Crippen LogP) is 4.21. The van der Waals surface area contributed by atoms with E-state index in [-0.39, 0.29) is 5.82 Å². The quantitative estimate of drug-likeness (QED) is 0.480. The fourth-order valence-corrected chi connectivity index (χ4v) is 3.52. The van der Waals surface area contributed by atoms with E-state index in [0.717, 1.165) is 21.5 Å². The van der Waals surface area contributed by atoms with Gasteiger partial charge in [-0.05, 0) is 36.4 Å². The van der Waals surface area contributed by atoms with Crippen LogP contribution in [0.1, 0.15) is 0 Å². The first-order valence-electron chi connectivity index (χ1n) is 7.62. The SMILES string of the molecule is Fc1ccc(-c2nn3c(-c4ccc5ccccc5n4)nnc3s2)cc1. The molecule has 3 heterocycles. The summed E-state index contributed by atoms with van der Waals surface area (Å²) < 4.78 is 14.8. The summed E-state index contributed by atoms with van der Waals surface area (Å²) in [6.07, 6.45) is 0. The molecule has 0 saturated carbocycles. The van der Waals surface area contributed by atoms with Crippen molar-refractivity contribution >= 4 is 27.2 Å². The van der Waals surface area contributed by atoms with Crippen molar-refractivity contribution in [1.82, 2.24) is 24.8 Å². The summed E-state index contributed by atoms with van der Waals surface area (Å²) in [5.41, 5.74) is 2.45. The van der Waals surface area contributed by atoms with Crippen molar-refractivity contribution < 1.29 is 4.39 Å². The van der Waals surface area contributed by atoms with Crippen molar-refractivity contribution in [2.24, 2.45) is 0 Å². The lowest BCUT2D eigenvalue weighted by molar-refractivity contribution is 0.628. The third-order valence-electron chi connectivity index (χ3n) is 3.91. The first kappa shape index (κ1) is 14.2. The fraction of sp³-hybridized carbons (Fsp3) is 0. The lowest BCUT2D eigenvalue weighted by Gasteiger charge is -2.00. The van der Waals surface area contributed by atoms with Crippen LogP contribution in [-0.2, 0) is 0 Å². The van der Waals surface area contributed by atoms with Crippen LogP contribution in [0.4, 0.5) is 4.39 Å². The summed E-state index contributed by atoms with van der Waals surface area (Å²) in [6, 6.07) is 18.1. The van der Waals surface area contributed by atoms with E-state index in [9.17, 15) is 4.39 Å². The minimum atomic E-state index is -0.271. The van der Waals surface area contributed by atoms with E-state index in [1.165, 1.54) is 23.5 Å². The van der Waals surface area contributed by atoms with Crippen molar-refractivity contribution in [2.75, 3.05) is 0 Å². The van der Waals surface area contributed by atoms with Gasteiger partial charge in [-0.1, -0.05) is 35.6 Å². The number of aromatic nitrogens is 5. The van der Waals surface area contributed by atoms with Gasteiger partial charge in [0.05, 0.1) is 5.52 Å². The van der Waals surface area contributed by atoms with Crippen LogP contribution in [-0.4, -0.2) is 24.8 Å². The molecule has 25 heavy (non-hydrogen) atoms. The molecule has 0 aliphatic carbocycles. The number of para-hydroxylation sites is 1. The van der Waals surface area contributed by atoms with Crippen LogP contribution in [0.15, 0.2) is 60.7 Å². The van der Waals surface area contributed by atoms with Gasteiger partial charge in [0.1, 0.15) is 16.5 Å². The average molecular weight is 347 g/mol. The number of nitrogens with zero attached hydrogens (tertiary/aromatic N) is 5. The summed E-state index contributed by atoms with van der Waals surface area (Å²) in [4.78, 5) is 5.32. The van der Waals surface area contributed by atoms with Crippen molar-refractivity contribution in [3.8, 4) is 22.1 Å². The molecule has 120 valence electrons. The third-order valence-corrected chi connectivity index (χ3v) is 4.86. The average Bonchev–Trinajstić information content (AvgIpc) is 3.22. The minimum Gasteiger partial charge on any atom is -0.244 e. The van der Waals surface area contributed by atoms with Gasteiger partial charge in [0, 0.05) is 10.9 Å². The van der Waals surface area contributed by atoms with Crippen molar-refractivity contribution in [1.29, 1.82) is 0 Å². The van der Waals surface area contributed by atoms with E-state index in [1.807, 2.05) is 36.4 Å². The molecule has 7 heteroatoms. The van der Waals surface area contributed by atoms with Crippen LogP contribution in [0.25, 0.3) is 38.0 Å². The lowest BCUT2D eigenvalue weighted by Crippen LogP contribution is -1.93. The lowest BCUT2D eigenvalue weighted by atomic mass is 10.2. The zero-order chi connectivity index (χ0) is 16.8. The van der Waals surface area contributed by atoms with E-state index in [2.05, 4.69) is 20.3 Å². The molecule has 5 aromatic rings. The van der Waals surface area contributed by atoms with Crippen LogP contribution in [0.2, 0.25) is 0 Å². The zero-order valence-electron chi connectivity index (χ0n) is 12.8. The summed E-state index contributed by atoms with van der Waals surface area (Å²) in [7, 11) is 0.